The van der Waals surface area contributed by atoms with E-state index in [1.54, 1.807) is 6.07 Å². The quantitative estimate of drug-likeness (QED) is 0.575. The Morgan fingerprint density at radius 3 is 2.60 bits per heavy atom. The number of esters is 1. The molecule has 0 fully saturated rings. The summed E-state index contributed by atoms with van der Waals surface area (Å²) >= 11 is 6.46. The van der Waals surface area contributed by atoms with Gasteiger partial charge in [0, 0.05) is 10.6 Å². The number of rotatable bonds is 4. The molecule has 0 saturated heterocycles. The normalized spacial score (nSPS) is 11.1. The fourth-order valence-electron chi connectivity index (χ4n) is 2.01. The van der Waals surface area contributed by atoms with Crippen molar-refractivity contribution in [1.29, 1.82) is 0 Å². The van der Waals surface area contributed by atoms with E-state index in [2.05, 4.69) is 10.6 Å². The van der Waals surface area contributed by atoms with Crippen molar-refractivity contribution in [2.24, 2.45) is 0 Å². The van der Waals surface area contributed by atoms with Crippen LogP contribution in [0.3, 0.4) is 0 Å². The van der Waals surface area contributed by atoms with Crippen LogP contribution in [0, 0.1) is 0 Å². The second kappa shape index (κ2) is 7.83. The zero-order chi connectivity index (χ0) is 18.6. The fraction of sp³-hybridized carbons (Fsp3) is 0.250. The Labute approximate surface area is 152 Å². The maximum Gasteiger partial charge on any atom is 0.416 e. The number of hydrogen-bond donors (Lipinski definition) is 2. The third kappa shape index (κ3) is 4.93. The number of thiophene rings is 1. The molecule has 1 heterocycles. The Kier molecular flexibility index (Phi) is 6.02. The first-order valence-corrected chi connectivity index (χ1v) is 8.43. The highest BCUT2D eigenvalue weighted by atomic mass is 32.1. The minimum atomic E-state index is -4.44. The Hall–Kier alpha value is -2.13. The maximum atomic E-state index is 12.7. The van der Waals surface area contributed by atoms with E-state index in [0.29, 0.717) is 10.6 Å². The number of ether oxygens (including phenoxy) is 1. The minimum absolute atomic E-state index is 0.0778. The highest BCUT2D eigenvalue weighted by Gasteiger charge is 2.30. The van der Waals surface area contributed by atoms with E-state index in [9.17, 15) is 18.0 Å². The van der Waals surface area contributed by atoms with Crippen molar-refractivity contribution >= 4 is 45.3 Å². The second-order valence-electron chi connectivity index (χ2n) is 4.96. The zero-order valence-corrected chi connectivity index (χ0v) is 15.0. The molecule has 25 heavy (non-hydrogen) atoms. The molecule has 134 valence electrons. The first kappa shape index (κ1) is 19.2. The van der Waals surface area contributed by atoms with E-state index in [4.69, 9.17) is 17.0 Å². The second-order valence-corrected chi connectivity index (χ2v) is 6.50. The van der Waals surface area contributed by atoms with Crippen LogP contribution in [0.4, 0.5) is 23.9 Å². The van der Waals surface area contributed by atoms with Gasteiger partial charge in [-0.3, -0.25) is 0 Å². The van der Waals surface area contributed by atoms with Gasteiger partial charge in [0.15, 0.2) is 5.11 Å². The lowest BCUT2D eigenvalue weighted by Crippen LogP contribution is -2.20. The van der Waals surface area contributed by atoms with Gasteiger partial charge in [0.1, 0.15) is 5.00 Å². The van der Waals surface area contributed by atoms with Gasteiger partial charge < -0.3 is 15.4 Å². The van der Waals surface area contributed by atoms with Gasteiger partial charge in [0.05, 0.1) is 18.2 Å². The largest absolute Gasteiger partial charge is 0.465 e. The van der Waals surface area contributed by atoms with Gasteiger partial charge in [-0.25, -0.2) is 4.79 Å². The molecule has 4 nitrogen and oxygen atoms in total. The van der Waals surface area contributed by atoms with Crippen LogP contribution in [-0.4, -0.2) is 18.2 Å². The average Bonchev–Trinajstić information content (AvgIpc) is 2.96. The molecule has 0 unspecified atom stereocenters. The monoisotopic (exact) mass is 388 g/mol. The number of carbonyl (C=O) groups excluding carboxylic acids is 1. The predicted octanol–water partition coefficient (Wildman–Crippen LogP) is 4.92. The third-order valence-corrected chi connectivity index (χ3v) is 4.61. The van der Waals surface area contributed by atoms with Crippen molar-refractivity contribution < 1.29 is 22.7 Å². The van der Waals surface area contributed by atoms with Gasteiger partial charge in [-0.2, -0.15) is 13.2 Å². The molecule has 0 bridgehead atoms. The van der Waals surface area contributed by atoms with E-state index in [1.165, 1.54) is 30.6 Å². The Morgan fingerprint density at radius 2 is 2.00 bits per heavy atom. The first-order valence-electron chi connectivity index (χ1n) is 7.21. The van der Waals surface area contributed by atoms with E-state index < -0.39 is 17.7 Å². The van der Waals surface area contributed by atoms with Gasteiger partial charge >= 0.3 is 12.1 Å². The number of hydrogen-bond acceptors (Lipinski definition) is 4. The summed E-state index contributed by atoms with van der Waals surface area (Å²) in [7, 11) is 1.27. The molecule has 0 saturated carbocycles. The lowest BCUT2D eigenvalue weighted by atomic mass is 10.2. The number of carbonyl (C=O) groups is 1. The van der Waals surface area contributed by atoms with Crippen LogP contribution in [0.1, 0.15) is 27.7 Å². The smallest absolute Gasteiger partial charge is 0.416 e. The van der Waals surface area contributed by atoms with Crippen LogP contribution in [0.2, 0.25) is 0 Å². The molecule has 0 aliphatic rings. The van der Waals surface area contributed by atoms with Crippen LogP contribution >= 0.6 is 23.6 Å². The SMILES string of the molecule is CCc1cc(C(=O)OC)c(NC(=S)Nc2cccc(C(F)(F)F)c2)s1. The summed E-state index contributed by atoms with van der Waals surface area (Å²) in [5.41, 5.74) is -0.253. The van der Waals surface area contributed by atoms with Crippen molar-refractivity contribution in [2.75, 3.05) is 17.7 Å². The lowest BCUT2D eigenvalue weighted by molar-refractivity contribution is -0.137. The average molecular weight is 388 g/mol. The molecule has 2 N–H and O–H groups in total. The summed E-state index contributed by atoms with van der Waals surface area (Å²) in [6, 6.07) is 6.39. The summed E-state index contributed by atoms with van der Waals surface area (Å²) < 4.78 is 43.0. The Bertz CT molecular complexity index is 788. The highest BCUT2D eigenvalue weighted by molar-refractivity contribution is 7.80. The molecule has 0 atom stereocenters. The van der Waals surface area contributed by atoms with Crippen LogP contribution in [0.25, 0.3) is 0 Å². The van der Waals surface area contributed by atoms with Gasteiger partial charge in [-0.15, -0.1) is 11.3 Å². The van der Waals surface area contributed by atoms with E-state index >= 15 is 0 Å². The Balaban J connectivity index is 2.16. The number of halogens is 3. The van der Waals surface area contributed by atoms with Gasteiger partial charge in [0.25, 0.3) is 0 Å². The molecular weight excluding hydrogens is 373 g/mol. The minimum Gasteiger partial charge on any atom is -0.465 e. The van der Waals surface area contributed by atoms with Crippen molar-refractivity contribution in [3.05, 3.63) is 46.3 Å². The molecule has 0 aliphatic carbocycles. The molecule has 2 rings (SSSR count). The number of benzene rings is 1. The van der Waals surface area contributed by atoms with Crippen LogP contribution in [-0.2, 0) is 17.3 Å². The van der Waals surface area contributed by atoms with E-state index in [-0.39, 0.29) is 10.8 Å². The summed E-state index contributed by atoms with van der Waals surface area (Å²) in [6.45, 7) is 1.94. The number of methoxy groups -OCH3 is 1. The molecule has 0 radical (unpaired) electrons. The fourth-order valence-corrected chi connectivity index (χ4v) is 3.28. The predicted molar refractivity (Wildman–Crippen MR) is 96.3 cm³/mol. The molecular formula is C16H15F3N2O2S2. The lowest BCUT2D eigenvalue weighted by Gasteiger charge is -2.12. The topological polar surface area (TPSA) is 50.4 Å². The molecule has 2 aromatic rings. The molecule has 1 aromatic heterocycles. The van der Waals surface area contributed by atoms with Crippen molar-refractivity contribution in [1.82, 2.24) is 0 Å². The van der Waals surface area contributed by atoms with E-state index in [1.807, 2.05) is 6.92 Å². The zero-order valence-electron chi connectivity index (χ0n) is 13.4. The highest BCUT2D eigenvalue weighted by Crippen LogP contribution is 2.31. The summed E-state index contributed by atoms with van der Waals surface area (Å²) in [4.78, 5) is 12.8. The number of aryl methyl sites for hydroxylation is 1. The number of nitrogens with one attached hydrogen (secondary N) is 2. The number of thiocarbonyl (C=S) groups is 1. The molecule has 1 aromatic carbocycles. The number of alkyl halides is 3. The molecule has 0 aliphatic heterocycles. The van der Waals surface area contributed by atoms with Gasteiger partial charge in [-0.05, 0) is 42.9 Å². The van der Waals surface area contributed by atoms with Gasteiger partial charge in [-0.1, -0.05) is 13.0 Å². The van der Waals surface area contributed by atoms with Crippen LogP contribution in [0.15, 0.2) is 30.3 Å². The van der Waals surface area contributed by atoms with Crippen molar-refractivity contribution in [3.8, 4) is 0 Å². The summed E-state index contributed by atoms with van der Waals surface area (Å²) in [5.74, 6) is -0.514. The first-order chi connectivity index (χ1) is 11.7. The Morgan fingerprint density at radius 1 is 1.28 bits per heavy atom. The summed E-state index contributed by atoms with van der Waals surface area (Å²) in [6.07, 6.45) is -3.71. The maximum absolute atomic E-state index is 12.7. The van der Waals surface area contributed by atoms with E-state index in [0.717, 1.165) is 23.4 Å². The van der Waals surface area contributed by atoms with Crippen molar-refractivity contribution in [3.63, 3.8) is 0 Å². The molecule has 0 amide bonds. The molecule has 0 spiro atoms. The van der Waals surface area contributed by atoms with Crippen LogP contribution < -0.4 is 10.6 Å². The van der Waals surface area contributed by atoms with Gasteiger partial charge in [0.2, 0.25) is 0 Å². The number of anilines is 2. The summed E-state index contributed by atoms with van der Waals surface area (Å²) in [5, 5.41) is 6.09. The van der Waals surface area contributed by atoms with Crippen molar-refractivity contribution in [2.45, 2.75) is 19.5 Å². The third-order valence-electron chi connectivity index (χ3n) is 3.21. The standard InChI is InChI=1S/C16H15F3N2O2S2/c1-3-11-8-12(14(22)23-2)13(25-11)21-15(24)20-10-6-4-5-9(7-10)16(17,18)19/h4-8H,3H2,1-2H3,(H2,20,21,24). The van der Waals surface area contributed by atoms with Crippen LogP contribution in [0.5, 0.6) is 0 Å². The molecule has 9 heteroatoms.